The standard InChI is InChI=1S/C12H16N2O2/c1-9(2)12(16)13-8-11(15)14-10-6-4-3-5-7-10/h3-7,9H,8H2,1-2H3,(H,13,16)(H,14,15). The fourth-order valence-corrected chi connectivity index (χ4v) is 1.10. The van der Waals surface area contributed by atoms with Gasteiger partial charge in [-0.1, -0.05) is 32.0 Å². The Bertz CT molecular complexity index is 361. The zero-order chi connectivity index (χ0) is 12.0. The van der Waals surface area contributed by atoms with E-state index in [0.717, 1.165) is 5.69 Å². The number of nitrogens with one attached hydrogen (secondary N) is 2. The van der Waals surface area contributed by atoms with Crippen molar-refractivity contribution in [2.75, 3.05) is 11.9 Å². The lowest BCUT2D eigenvalue weighted by Gasteiger charge is -2.08. The highest BCUT2D eigenvalue weighted by Crippen LogP contribution is 2.03. The summed E-state index contributed by atoms with van der Waals surface area (Å²) in [5.74, 6) is -0.451. The van der Waals surface area contributed by atoms with Gasteiger partial charge in [0.25, 0.3) is 0 Å². The third-order valence-electron chi connectivity index (χ3n) is 2.01. The van der Waals surface area contributed by atoms with Crippen LogP contribution in [0.4, 0.5) is 5.69 Å². The molecule has 0 atom stereocenters. The molecular weight excluding hydrogens is 204 g/mol. The van der Waals surface area contributed by atoms with E-state index in [1.54, 1.807) is 26.0 Å². The number of carbonyl (C=O) groups is 2. The maximum Gasteiger partial charge on any atom is 0.243 e. The van der Waals surface area contributed by atoms with Gasteiger partial charge in [0.1, 0.15) is 0 Å². The summed E-state index contributed by atoms with van der Waals surface area (Å²) in [7, 11) is 0. The second-order valence-electron chi connectivity index (χ2n) is 3.79. The predicted octanol–water partition coefficient (Wildman–Crippen LogP) is 1.40. The van der Waals surface area contributed by atoms with Gasteiger partial charge in [0.15, 0.2) is 0 Å². The number of anilines is 1. The van der Waals surface area contributed by atoms with Gasteiger partial charge in [-0.15, -0.1) is 0 Å². The zero-order valence-electron chi connectivity index (χ0n) is 9.49. The Kier molecular flexibility index (Phi) is 4.51. The second kappa shape index (κ2) is 5.90. The summed E-state index contributed by atoms with van der Waals surface area (Å²) < 4.78 is 0. The van der Waals surface area contributed by atoms with Gasteiger partial charge in [0.2, 0.25) is 11.8 Å². The van der Waals surface area contributed by atoms with E-state index >= 15 is 0 Å². The molecule has 16 heavy (non-hydrogen) atoms. The minimum Gasteiger partial charge on any atom is -0.347 e. The molecule has 0 unspecified atom stereocenters. The van der Waals surface area contributed by atoms with Crippen molar-refractivity contribution in [3.8, 4) is 0 Å². The number of amides is 2. The Morgan fingerprint density at radius 2 is 1.81 bits per heavy atom. The van der Waals surface area contributed by atoms with Gasteiger partial charge < -0.3 is 10.6 Å². The van der Waals surface area contributed by atoms with Crippen molar-refractivity contribution in [2.24, 2.45) is 5.92 Å². The van der Waals surface area contributed by atoms with Gasteiger partial charge in [-0.05, 0) is 12.1 Å². The van der Waals surface area contributed by atoms with Crippen LogP contribution in [-0.2, 0) is 9.59 Å². The Morgan fingerprint density at radius 1 is 1.19 bits per heavy atom. The molecule has 0 aliphatic rings. The lowest BCUT2D eigenvalue weighted by atomic mass is 10.2. The quantitative estimate of drug-likeness (QED) is 0.805. The molecule has 0 aliphatic heterocycles. The third-order valence-corrected chi connectivity index (χ3v) is 2.01. The van der Waals surface area contributed by atoms with Crippen molar-refractivity contribution in [3.63, 3.8) is 0 Å². The van der Waals surface area contributed by atoms with Crippen LogP contribution >= 0.6 is 0 Å². The van der Waals surface area contributed by atoms with Crippen molar-refractivity contribution in [1.82, 2.24) is 5.32 Å². The van der Waals surface area contributed by atoms with Gasteiger partial charge in [-0.25, -0.2) is 0 Å². The molecule has 0 heterocycles. The summed E-state index contributed by atoms with van der Waals surface area (Å²) in [6.45, 7) is 3.57. The predicted molar refractivity (Wildman–Crippen MR) is 62.9 cm³/mol. The largest absolute Gasteiger partial charge is 0.347 e. The first kappa shape index (κ1) is 12.2. The zero-order valence-corrected chi connectivity index (χ0v) is 9.49. The molecule has 0 saturated heterocycles. The first-order valence-corrected chi connectivity index (χ1v) is 5.22. The number of benzene rings is 1. The number of carbonyl (C=O) groups excluding carboxylic acids is 2. The molecule has 1 rings (SSSR count). The van der Waals surface area contributed by atoms with Crippen LogP contribution in [-0.4, -0.2) is 18.4 Å². The van der Waals surface area contributed by atoms with E-state index in [9.17, 15) is 9.59 Å². The average Bonchev–Trinajstić information content (AvgIpc) is 2.27. The summed E-state index contributed by atoms with van der Waals surface area (Å²) in [5.41, 5.74) is 0.728. The van der Waals surface area contributed by atoms with E-state index in [0.29, 0.717) is 0 Å². The second-order valence-corrected chi connectivity index (χ2v) is 3.79. The maximum absolute atomic E-state index is 11.4. The monoisotopic (exact) mass is 220 g/mol. The summed E-state index contributed by atoms with van der Waals surface area (Å²) in [6, 6.07) is 9.13. The van der Waals surface area contributed by atoms with Crippen molar-refractivity contribution in [2.45, 2.75) is 13.8 Å². The van der Waals surface area contributed by atoms with E-state index in [1.165, 1.54) is 0 Å². The van der Waals surface area contributed by atoms with Crippen molar-refractivity contribution >= 4 is 17.5 Å². The first-order chi connectivity index (χ1) is 7.59. The molecule has 86 valence electrons. The van der Waals surface area contributed by atoms with Gasteiger partial charge >= 0.3 is 0 Å². The van der Waals surface area contributed by atoms with Crippen molar-refractivity contribution < 1.29 is 9.59 Å². The molecule has 0 aromatic heterocycles. The topological polar surface area (TPSA) is 58.2 Å². The normalized spacial score (nSPS) is 9.94. The van der Waals surface area contributed by atoms with Crippen molar-refractivity contribution in [3.05, 3.63) is 30.3 Å². The molecule has 0 aliphatic carbocycles. The fraction of sp³-hybridized carbons (Fsp3) is 0.333. The van der Waals surface area contributed by atoms with Gasteiger partial charge in [0.05, 0.1) is 6.54 Å². The highest BCUT2D eigenvalue weighted by Gasteiger charge is 2.08. The van der Waals surface area contributed by atoms with Crippen LogP contribution in [0.1, 0.15) is 13.8 Å². The van der Waals surface area contributed by atoms with E-state index in [-0.39, 0.29) is 24.3 Å². The molecule has 0 radical (unpaired) electrons. The van der Waals surface area contributed by atoms with Gasteiger partial charge in [-0.2, -0.15) is 0 Å². The summed E-state index contributed by atoms with van der Waals surface area (Å²) >= 11 is 0. The van der Waals surface area contributed by atoms with E-state index in [2.05, 4.69) is 10.6 Å². The van der Waals surface area contributed by atoms with E-state index < -0.39 is 0 Å². The third kappa shape index (κ3) is 4.13. The van der Waals surface area contributed by atoms with E-state index in [1.807, 2.05) is 18.2 Å². The number of hydrogen-bond acceptors (Lipinski definition) is 2. The van der Waals surface area contributed by atoms with E-state index in [4.69, 9.17) is 0 Å². The van der Waals surface area contributed by atoms with Crippen molar-refractivity contribution in [1.29, 1.82) is 0 Å². The molecule has 0 bridgehead atoms. The molecule has 1 aromatic carbocycles. The lowest BCUT2D eigenvalue weighted by molar-refractivity contribution is -0.126. The van der Waals surface area contributed by atoms with Gasteiger partial charge in [0, 0.05) is 11.6 Å². The maximum atomic E-state index is 11.4. The van der Waals surface area contributed by atoms with Crippen LogP contribution in [0.2, 0.25) is 0 Å². The summed E-state index contributed by atoms with van der Waals surface area (Å²) in [4.78, 5) is 22.6. The molecule has 0 spiro atoms. The molecule has 4 nitrogen and oxygen atoms in total. The minimum atomic E-state index is -0.222. The Morgan fingerprint density at radius 3 is 2.38 bits per heavy atom. The Hall–Kier alpha value is -1.84. The fourth-order valence-electron chi connectivity index (χ4n) is 1.10. The summed E-state index contributed by atoms with van der Waals surface area (Å²) in [6.07, 6.45) is 0. The molecule has 2 amide bonds. The minimum absolute atomic E-state index is 0.00586. The lowest BCUT2D eigenvalue weighted by Crippen LogP contribution is -2.35. The van der Waals surface area contributed by atoms with Crippen LogP contribution in [0.25, 0.3) is 0 Å². The number of hydrogen-bond donors (Lipinski definition) is 2. The van der Waals surface area contributed by atoms with Crippen LogP contribution in [0.5, 0.6) is 0 Å². The average molecular weight is 220 g/mol. The first-order valence-electron chi connectivity index (χ1n) is 5.22. The highest BCUT2D eigenvalue weighted by molar-refractivity contribution is 5.94. The Balaban J connectivity index is 2.35. The SMILES string of the molecule is CC(C)C(=O)NCC(=O)Nc1ccccc1. The van der Waals surface area contributed by atoms with Crippen LogP contribution in [0.3, 0.4) is 0 Å². The smallest absolute Gasteiger partial charge is 0.243 e. The van der Waals surface area contributed by atoms with Gasteiger partial charge in [-0.3, -0.25) is 9.59 Å². The highest BCUT2D eigenvalue weighted by atomic mass is 16.2. The molecular formula is C12H16N2O2. The molecule has 0 saturated carbocycles. The Labute approximate surface area is 95.0 Å². The van der Waals surface area contributed by atoms with Crippen LogP contribution < -0.4 is 10.6 Å². The molecule has 0 fully saturated rings. The van der Waals surface area contributed by atoms with Crippen LogP contribution in [0, 0.1) is 5.92 Å². The number of para-hydroxylation sites is 1. The summed E-state index contributed by atoms with van der Waals surface area (Å²) in [5, 5.41) is 5.23. The molecule has 1 aromatic rings. The molecule has 4 heteroatoms. The van der Waals surface area contributed by atoms with Crippen LogP contribution in [0.15, 0.2) is 30.3 Å². The number of rotatable bonds is 4. The molecule has 2 N–H and O–H groups in total.